The smallest absolute Gasteiger partial charge is 0.243 e. The van der Waals surface area contributed by atoms with Crippen molar-refractivity contribution < 1.29 is 25.6 Å². The number of anilines is 2. The summed E-state index contributed by atoms with van der Waals surface area (Å²) in [7, 11) is -7.21. The lowest BCUT2D eigenvalue weighted by Crippen LogP contribution is -2.48. The molecular formula is C41H42F2N6O4S4. The topological polar surface area (TPSA) is 107 Å². The van der Waals surface area contributed by atoms with Crippen molar-refractivity contribution in [1.29, 1.82) is 0 Å². The van der Waals surface area contributed by atoms with Gasteiger partial charge in [0.1, 0.15) is 11.6 Å². The predicted molar refractivity (Wildman–Crippen MR) is 224 cm³/mol. The first-order valence-electron chi connectivity index (χ1n) is 18.5. The number of thiazole rings is 2. The average Bonchev–Trinajstić information content (AvgIpc) is 3.94. The van der Waals surface area contributed by atoms with E-state index in [2.05, 4.69) is 72.2 Å². The number of sulfonamides is 2. The maximum atomic E-state index is 13.1. The molecule has 2 aliphatic rings. The van der Waals surface area contributed by atoms with Crippen LogP contribution in [-0.2, 0) is 26.5 Å². The Kier molecular flexibility index (Phi) is 12.5. The first kappa shape index (κ1) is 40.6. The molecule has 2 aliphatic heterocycles. The second-order valence-corrected chi connectivity index (χ2v) is 19.2. The molecule has 0 aliphatic carbocycles. The third kappa shape index (κ3) is 9.43. The molecule has 0 bridgehead atoms. The van der Waals surface area contributed by atoms with Crippen LogP contribution in [0.3, 0.4) is 0 Å². The van der Waals surface area contributed by atoms with E-state index in [1.807, 2.05) is 10.8 Å². The summed E-state index contributed by atoms with van der Waals surface area (Å²) in [5, 5.41) is 5.87. The van der Waals surface area contributed by atoms with Gasteiger partial charge in [0.15, 0.2) is 10.3 Å². The normalized spacial score (nSPS) is 15.6. The van der Waals surface area contributed by atoms with Crippen molar-refractivity contribution in [2.75, 3.05) is 62.2 Å². The van der Waals surface area contributed by atoms with Crippen molar-refractivity contribution >= 4 is 53.0 Å². The van der Waals surface area contributed by atoms with Crippen LogP contribution in [0.25, 0.3) is 22.5 Å². The van der Waals surface area contributed by atoms with Gasteiger partial charge in [-0.2, -0.15) is 8.61 Å². The highest BCUT2D eigenvalue weighted by atomic mass is 32.2. The summed E-state index contributed by atoms with van der Waals surface area (Å²) in [6.07, 6.45) is 1.01. The number of aromatic nitrogens is 2. The summed E-state index contributed by atoms with van der Waals surface area (Å²) in [6.45, 7) is 7.96. The van der Waals surface area contributed by atoms with E-state index in [9.17, 15) is 25.6 Å². The van der Waals surface area contributed by atoms with Gasteiger partial charge >= 0.3 is 0 Å². The number of aryl methyl sites for hydroxylation is 2. The van der Waals surface area contributed by atoms with Crippen molar-refractivity contribution in [3.05, 3.63) is 131 Å². The van der Waals surface area contributed by atoms with Crippen molar-refractivity contribution in [2.45, 2.75) is 30.1 Å². The summed E-state index contributed by atoms with van der Waals surface area (Å²) in [5.41, 5.74) is 6.53. The molecule has 2 fully saturated rings. The SMILES string of the molecule is CCc1ccc(-c2csc(N3CCN(S(=O)(=O)c4ccc(F)cc4)CC3)n2)cc1.Cc1ccc(-c2csc(N3CCN(S(=O)(=O)c4ccc(F)cc4)CC3)n2)cc1. The Morgan fingerprint density at radius 2 is 0.912 bits per heavy atom. The molecule has 4 aromatic carbocycles. The number of nitrogens with zero attached hydrogens (tertiary/aromatic N) is 6. The molecule has 0 spiro atoms. The summed E-state index contributed by atoms with van der Waals surface area (Å²) >= 11 is 3.14. The van der Waals surface area contributed by atoms with E-state index in [1.165, 1.54) is 68.3 Å². The van der Waals surface area contributed by atoms with Crippen LogP contribution in [0.2, 0.25) is 0 Å². The van der Waals surface area contributed by atoms with Crippen molar-refractivity contribution in [3.63, 3.8) is 0 Å². The van der Waals surface area contributed by atoms with E-state index in [4.69, 9.17) is 9.97 Å². The zero-order chi connectivity index (χ0) is 40.2. The Labute approximate surface area is 340 Å². The molecule has 0 radical (unpaired) electrons. The molecule has 0 unspecified atom stereocenters. The minimum atomic E-state index is -3.61. The quantitative estimate of drug-likeness (QED) is 0.145. The van der Waals surface area contributed by atoms with E-state index in [0.717, 1.165) is 39.2 Å². The second kappa shape index (κ2) is 17.5. The van der Waals surface area contributed by atoms with Crippen LogP contribution < -0.4 is 9.80 Å². The fourth-order valence-electron chi connectivity index (χ4n) is 6.47. The van der Waals surface area contributed by atoms with Crippen LogP contribution in [0, 0.1) is 18.6 Å². The van der Waals surface area contributed by atoms with Crippen LogP contribution >= 0.6 is 22.7 Å². The molecule has 16 heteroatoms. The van der Waals surface area contributed by atoms with Crippen LogP contribution in [-0.4, -0.2) is 87.8 Å². The Morgan fingerprint density at radius 1 is 0.544 bits per heavy atom. The van der Waals surface area contributed by atoms with Crippen molar-refractivity contribution in [3.8, 4) is 22.5 Å². The fraction of sp³-hybridized carbons (Fsp3) is 0.268. The number of benzene rings is 4. The molecular weight excluding hydrogens is 807 g/mol. The van der Waals surface area contributed by atoms with Gasteiger partial charge in [0, 0.05) is 74.2 Å². The second-order valence-electron chi connectivity index (χ2n) is 13.6. The van der Waals surface area contributed by atoms with E-state index >= 15 is 0 Å². The molecule has 0 N–H and O–H groups in total. The zero-order valence-electron chi connectivity index (χ0n) is 31.5. The molecule has 0 saturated carbocycles. The van der Waals surface area contributed by atoms with E-state index < -0.39 is 31.7 Å². The minimum Gasteiger partial charge on any atom is -0.345 e. The Morgan fingerprint density at radius 3 is 1.28 bits per heavy atom. The van der Waals surface area contributed by atoms with Crippen LogP contribution in [0.15, 0.2) is 118 Å². The lowest BCUT2D eigenvalue weighted by Gasteiger charge is -2.33. The maximum absolute atomic E-state index is 13.1. The average molecular weight is 849 g/mol. The summed E-state index contributed by atoms with van der Waals surface area (Å²) < 4.78 is 80.1. The lowest BCUT2D eigenvalue weighted by atomic mass is 10.1. The standard InChI is InChI=1S/C21H22FN3O2S2.C20H20FN3O2S2/c1-2-16-3-5-17(6-4-16)20-15-28-21(23-20)24-11-13-25(14-12-24)29(26,27)19-9-7-18(22)8-10-19;1-15-2-4-16(5-3-15)19-14-27-20(22-19)23-10-12-24(13-11-23)28(25,26)18-8-6-17(21)7-9-18/h3-10,15H,2,11-14H2,1H3;2-9,14H,10-13H2,1H3. The van der Waals surface area contributed by atoms with Gasteiger partial charge in [-0.05, 0) is 67.4 Å². The molecule has 10 nitrogen and oxygen atoms in total. The third-order valence-electron chi connectivity index (χ3n) is 9.91. The molecule has 2 saturated heterocycles. The van der Waals surface area contributed by atoms with Gasteiger partial charge in [0.05, 0.1) is 21.2 Å². The number of piperazine rings is 2. The maximum Gasteiger partial charge on any atom is 0.243 e. The van der Waals surface area contributed by atoms with Gasteiger partial charge in [0.2, 0.25) is 20.0 Å². The number of rotatable bonds is 9. The largest absolute Gasteiger partial charge is 0.345 e. The third-order valence-corrected chi connectivity index (χ3v) is 15.5. The van der Waals surface area contributed by atoms with Crippen LogP contribution in [0.5, 0.6) is 0 Å². The highest BCUT2D eigenvalue weighted by molar-refractivity contribution is 7.89. The van der Waals surface area contributed by atoms with E-state index in [-0.39, 0.29) is 9.79 Å². The summed E-state index contributed by atoms with van der Waals surface area (Å²) in [6, 6.07) is 26.6. The van der Waals surface area contributed by atoms with Gasteiger partial charge in [-0.15, -0.1) is 22.7 Å². The highest BCUT2D eigenvalue weighted by Gasteiger charge is 2.31. The molecule has 4 heterocycles. The van der Waals surface area contributed by atoms with Gasteiger partial charge in [0.25, 0.3) is 0 Å². The monoisotopic (exact) mass is 848 g/mol. The number of hydrogen-bond donors (Lipinski definition) is 0. The van der Waals surface area contributed by atoms with Crippen molar-refractivity contribution in [2.24, 2.45) is 0 Å². The Balaban J connectivity index is 0.000000174. The summed E-state index contributed by atoms with van der Waals surface area (Å²) in [5.74, 6) is -0.894. The van der Waals surface area contributed by atoms with E-state index in [1.54, 1.807) is 22.7 Å². The molecule has 8 rings (SSSR count). The van der Waals surface area contributed by atoms with Gasteiger partial charge in [-0.25, -0.2) is 35.6 Å². The minimum absolute atomic E-state index is 0.123. The van der Waals surface area contributed by atoms with Crippen LogP contribution in [0.1, 0.15) is 18.1 Å². The first-order chi connectivity index (χ1) is 27.4. The predicted octanol–water partition coefficient (Wildman–Crippen LogP) is 7.79. The lowest BCUT2D eigenvalue weighted by molar-refractivity contribution is 0.384. The Bertz CT molecular complexity index is 2480. The van der Waals surface area contributed by atoms with E-state index in [0.29, 0.717) is 52.4 Å². The van der Waals surface area contributed by atoms with Gasteiger partial charge in [-0.3, -0.25) is 0 Å². The van der Waals surface area contributed by atoms with Crippen molar-refractivity contribution in [1.82, 2.24) is 18.6 Å². The first-order valence-corrected chi connectivity index (χ1v) is 23.1. The molecule has 6 aromatic rings. The van der Waals surface area contributed by atoms with Crippen LogP contribution in [0.4, 0.5) is 19.0 Å². The fourth-order valence-corrected chi connectivity index (χ4v) is 11.1. The Hall–Kier alpha value is -4.58. The molecule has 57 heavy (non-hydrogen) atoms. The number of halogens is 2. The van der Waals surface area contributed by atoms with Gasteiger partial charge < -0.3 is 9.80 Å². The number of hydrogen-bond acceptors (Lipinski definition) is 10. The van der Waals surface area contributed by atoms with Gasteiger partial charge in [-0.1, -0.05) is 61.0 Å². The highest BCUT2D eigenvalue weighted by Crippen LogP contribution is 2.31. The molecule has 0 amide bonds. The summed E-state index contributed by atoms with van der Waals surface area (Å²) in [4.78, 5) is 13.9. The molecule has 0 atom stereocenters. The molecule has 2 aromatic heterocycles. The molecule has 298 valence electrons. The zero-order valence-corrected chi connectivity index (χ0v) is 34.7.